The van der Waals surface area contributed by atoms with Crippen molar-refractivity contribution in [2.75, 3.05) is 11.0 Å². The summed E-state index contributed by atoms with van der Waals surface area (Å²) in [5, 5.41) is 0. The highest BCUT2D eigenvalue weighted by molar-refractivity contribution is 14.1. The van der Waals surface area contributed by atoms with Crippen molar-refractivity contribution in [1.29, 1.82) is 0 Å². The number of alkyl halides is 1. The molecule has 2 aliphatic heterocycles. The number of rotatable bonds is 15. The molecule has 2 heterocycles. The Morgan fingerprint density at radius 3 is 1.91 bits per heavy atom. The van der Waals surface area contributed by atoms with Crippen LogP contribution in [0.5, 0.6) is 0 Å². The average molecular weight is 624 g/mol. The molecule has 2 rings (SSSR count). The number of hydrogen-bond donors (Lipinski definition) is 2. The monoisotopic (exact) mass is 624 g/mol. The zero-order valence-electron chi connectivity index (χ0n) is 21.1. The molecule has 0 aromatic carbocycles. The summed E-state index contributed by atoms with van der Waals surface area (Å²) in [5.41, 5.74) is 0. The Hall–Kier alpha value is 1.36. The van der Waals surface area contributed by atoms with Gasteiger partial charge in [-0.25, -0.2) is 0 Å². The molecule has 2 aliphatic rings. The molecule has 0 spiro atoms. The second-order valence-electron chi connectivity index (χ2n) is 9.78. The maximum Gasteiger partial charge on any atom is 0.322 e. The van der Waals surface area contributed by atoms with Gasteiger partial charge in [-0.3, -0.25) is 0 Å². The summed E-state index contributed by atoms with van der Waals surface area (Å²) in [6.07, 6.45) is 1.02. The van der Waals surface area contributed by atoms with Crippen LogP contribution in [-0.2, 0) is 35.3 Å². The largest absolute Gasteiger partial charge is 0.381 e. The molecule has 2 N–H and O–H groups in total. The summed E-state index contributed by atoms with van der Waals surface area (Å²) in [7, 11) is 8.56. The molecule has 0 bridgehead atoms. The lowest BCUT2D eigenvalue weighted by Gasteiger charge is -2.22. The van der Waals surface area contributed by atoms with Gasteiger partial charge in [-0.2, -0.15) is 0 Å². The number of ether oxygens (including phenoxy) is 4. The van der Waals surface area contributed by atoms with Crippen LogP contribution in [0.4, 0.5) is 0 Å². The third-order valence-electron chi connectivity index (χ3n) is 6.01. The van der Waals surface area contributed by atoms with Gasteiger partial charge in [-0.05, 0) is 52.3 Å². The molecule has 0 aromatic heterocycles. The Morgan fingerprint density at radius 2 is 1.44 bits per heavy atom. The van der Waals surface area contributed by atoms with E-state index in [2.05, 4.69) is 83.6 Å². The highest BCUT2D eigenvalue weighted by atomic mass is 127. The molecule has 0 saturated carbocycles. The van der Waals surface area contributed by atoms with Crippen molar-refractivity contribution in [2.24, 2.45) is 0 Å². The van der Waals surface area contributed by atoms with Gasteiger partial charge in [0.2, 0.25) is 0 Å². The molecule has 8 atom stereocenters. The minimum atomic E-state index is -3.78. The van der Waals surface area contributed by atoms with Crippen LogP contribution in [0.2, 0.25) is 11.6 Å². The zero-order chi connectivity index (χ0) is 25.5. The van der Waals surface area contributed by atoms with Crippen molar-refractivity contribution in [2.45, 2.75) is 115 Å². The molecule has 34 heavy (non-hydrogen) atoms. The van der Waals surface area contributed by atoms with Gasteiger partial charge in [0, 0.05) is 16.4 Å². The van der Waals surface area contributed by atoms with E-state index in [4.69, 9.17) is 23.5 Å². The van der Waals surface area contributed by atoms with E-state index in [1.54, 1.807) is 0 Å². The van der Waals surface area contributed by atoms with Gasteiger partial charge in [0.05, 0.1) is 51.5 Å². The SMILES string of the molecule is CC(C)OCC1OC([B][B][C@@H](C)[C@@H](C)[B][B]C2CC(OC(C)C)C(CI)O2)CC1OP(O)(O)=S. The predicted molar refractivity (Wildman–Crippen MR) is 152 cm³/mol. The highest BCUT2D eigenvalue weighted by Crippen LogP contribution is 2.42. The molecule has 190 valence electrons. The molecule has 0 aromatic rings. The first-order chi connectivity index (χ1) is 15.9. The third kappa shape index (κ3) is 11.4. The van der Waals surface area contributed by atoms with E-state index in [1.807, 2.05) is 21.0 Å². The third-order valence-corrected chi connectivity index (χ3v) is 7.68. The summed E-state index contributed by atoms with van der Waals surface area (Å²) in [6.45, 7) is 8.91. The van der Waals surface area contributed by atoms with Crippen LogP contribution in [-0.4, -0.2) is 98.1 Å². The van der Waals surface area contributed by atoms with Crippen molar-refractivity contribution in [1.82, 2.24) is 0 Å². The van der Waals surface area contributed by atoms with E-state index >= 15 is 0 Å². The van der Waals surface area contributed by atoms with Gasteiger partial charge in [0.25, 0.3) is 0 Å². The predicted octanol–water partition coefficient (Wildman–Crippen LogP) is 2.73. The smallest absolute Gasteiger partial charge is 0.322 e. The molecule has 4 radical (unpaired) electrons. The number of hydrogen-bond acceptors (Lipinski definition) is 6. The Morgan fingerprint density at radius 1 is 0.912 bits per heavy atom. The summed E-state index contributed by atoms with van der Waals surface area (Å²) >= 11 is 7.03. The maximum atomic E-state index is 9.61. The molecule has 14 heteroatoms. The summed E-state index contributed by atoms with van der Waals surface area (Å²) in [5.74, 6) is 0.605. The Bertz CT molecular complexity index is 650. The summed E-state index contributed by atoms with van der Waals surface area (Å²) in [4.78, 5) is 19.2. The molecule has 2 saturated heterocycles. The maximum absolute atomic E-state index is 9.61. The van der Waals surface area contributed by atoms with Gasteiger partial charge < -0.3 is 33.3 Å². The van der Waals surface area contributed by atoms with Gasteiger partial charge in [-0.15, -0.1) is 0 Å². The lowest BCUT2D eigenvalue weighted by atomic mass is 9.23. The Labute approximate surface area is 227 Å². The van der Waals surface area contributed by atoms with Crippen LogP contribution < -0.4 is 0 Å². The van der Waals surface area contributed by atoms with Crippen molar-refractivity contribution >= 4 is 69.8 Å². The molecular weight excluding hydrogens is 585 g/mol. The molecule has 0 aliphatic carbocycles. The van der Waals surface area contributed by atoms with Crippen LogP contribution >= 0.6 is 29.3 Å². The topological polar surface area (TPSA) is 86.6 Å². The summed E-state index contributed by atoms with van der Waals surface area (Å²) in [6, 6.07) is -0.110. The first kappa shape index (κ1) is 31.6. The Balaban J connectivity index is 1.76. The molecular formula is C20H38B4IO7PS. The van der Waals surface area contributed by atoms with Crippen molar-refractivity contribution in [3.05, 3.63) is 0 Å². The first-order valence-electron chi connectivity index (χ1n) is 12.1. The van der Waals surface area contributed by atoms with E-state index in [-0.39, 0.29) is 42.2 Å². The van der Waals surface area contributed by atoms with E-state index in [0.717, 1.165) is 10.8 Å². The second-order valence-corrected chi connectivity index (χ2v) is 13.3. The molecule has 6 unspecified atom stereocenters. The fourth-order valence-corrected chi connectivity index (χ4v) is 5.72. The fourth-order valence-electron chi connectivity index (χ4n) is 4.04. The van der Waals surface area contributed by atoms with Crippen molar-refractivity contribution in [3.8, 4) is 0 Å². The fraction of sp³-hybridized carbons (Fsp3) is 1.00. The lowest BCUT2D eigenvalue weighted by molar-refractivity contribution is -0.0435. The van der Waals surface area contributed by atoms with E-state index < -0.39 is 18.9 Å². The van der Waals surface area contributed by atoms with Gasteiger partial charge in [0.1, 0.15) is 20.4 Å². The quantitative estimate of drug-likeness (QED) is 0.125. The van der Waals surface area contributed by atoms with Gasteiger partial charge >= 0.3 is 6.72 Å². The normalized spacial score (nSPS) is 31.6. The standard InChI is InChI=1S/C20H38B4IO7PS/c1-11(2)28-10-18-16(32-33(26,27)34)8-20(31-18)24-22-14(6)13(5)21-23-19-7-15(29-12(3)4)17(9-25)30-19/h11-20H,7-10H2,1-6H3,(H2,26,27,34)/t13-,14+,15?,16?,17?,18?,19?,20?/m1/s1. The van der Waals surface area contributed by atoms with Crippen LogP contribution in [0.15, 0.2) is 0 Å². The van der Waals surface area contributed by atoms with E-state index in [0.29, 0.717) is 18.8 Å². The van der Waals surface area contributed by atoms with Gasteiger partial charge in [0.15, 0.2) is 0 Å². The minimum Gasteiger partial charge on any atom is -0.381 e. The van der Waals surface area contributed by atoms with Crippen molar-refractivity contribution < 1.29 is 33.3 Å². The van der Waals surface area contributed by atoms with Crippen LogP contribution in [0, 0.1) is 0 Å². The summed E-state index contributed by atoms with van der Waals surface area (Å²) < 4.78 is 30.2. The average Bonchev–Trinajstić information content (AvgIpc) is 3.29. The highest BCUT2D eigenvalue weighted by Gasteiger charge is 2.39. The Kier molecular flexibility index (Phi) is 14.0. The molecule has 2 fully saturated rings. The number of halogens is 1. The van der Waals surface area contributed by atoms with E-state index in [1.165, 1.54) is 0 Å². The van der Waals surface area contributed by atoms with Crippen LogP contribution in [0.3, 0.4) is 0 Å². The first-order valence-corrected chi connectivity index (χ1v) is 16.3. The minimum absolute atomic E-state index is 0.0426. The van der Waals surface area contributed by atoms with Crippen LogP contribution in [0.1, 0.15) is 54.4 Å². The van der Waals surface area contributed by atoms with E-state index in [9.17, 15) is 9.79 Å². The molecule has 7 nitrogen and oxygen atoms in total. The van der Waals surface area contributed by atoms with Gasteiger partial charge in [-0.1, -0.05) is 48.1 Å². The second kappa shape index (κ2) is 15.1. The van der Waals surface area contributed by atoms with Crippen molar-refractivity contribution in [3.63, 3.8) is 0 Å². The lowest BCUT2D eigenvalue weighted by Crippen LogP contribution is -2.31. The zero-order valence-corrected chi connectivity index (χ0v) is 24.9. The molecule has 0 amide bonds. The van der Waals surface area contributed by atoms with Crippen LogP contribution in [0.25, 0.3) is 0 Å².